The van der Waals surface area contributed by atoms with E-state index in [1.807, 2.05) is 0 Å². The highest BCUT2D eigenvalue weighted by Crippen LogP contribution is 2.33. The van der Waals surface area contributed by atoms with Crippen LogP contribution in [0.1, 0.15) is 62.3 Å². The number of carboxylic acids is 2. The second kappa shape index (κ2) is 25.7. The molecule has 2 heterocycles. The minimum atomic E-state index is -4.16. The molecule has 380 valence electrons. The number of methoxy groups -OCH3 is 4. The third-order valence-electron chi connectivity index (χ3n) is 8.15. The summed E-state index contributed by atoms with van der Waals surface area (Å²) in [4.78, 5) is 57.4. The van der Waals surface area contributed by atoms with Crippen LogP contribution in [-0.4, -0.2) is 163 Å². The van der Waals surface area contributed by atoms with Gasteiger partial charge in [0.2, 0.25) is 10.0 Å². The molecule has 2 aromatic carbocycles. The largest absolute Gasteiger partial charge is 0.519 e. The van der Waals surface area contributed by atoms with Gasteiger partial charge in [-0.3, -0.25) is 9.59 Å². The zero-order valence-electron chi connectivity index (χ0n) is 39.8. The van der Waals surface area contributed by atoms with Crippen molar-refractivity contribution in [1.82, 2.24) is 19.8 Å². The van der Waals surface area contributed by atoms with Gasteiger partial charge in [-0.25, -0.2) is 31.2 Å². The van der Waals surface area contributed by atoms with E-state index in [9.17, 15) is 45.9 Å². The number of aliphatic carboxylic acids is 2. The van der Waals surface area contributed by atoms with Gasteiger partial charge in [0.05, 0.1) is 44.8 Å². The normalized spacial score (nSPS) is 16.6. The molecule has 2 unspecified atom stereocenters. The minimum absolute atomic E-state index is 0.00517. The van der Waals surface area contributed by atoms with Crippen LogP contribution in [0.5, 0.6) is 23.0 Å². The molecule has 4 N–H and O–H groups in total. The van der Waals surface area contributed by atoms with E-state index in [0.717, 1.165) is 17.4 Å². The monoisotopic (exact) mass is 1010 g/mol. The lowest BCUT2D eigenvalue weighted by Crippen LogP contribution is -2.59. The molecule has 4 rings (SSSR count). The van der Waals surface area contributed by atoms with Gasteiger partial charge in [0.1, 0.15) is 28.9 Å². The first kappa shape index (κ1) is 59.7. The molecule has 2 aliphatic heterocycles. The van der Waals surface area contributed by atoms with Gasteiger partial charge in [-0.1, -0.05) is 0 Å². The van der Waals surface area contributed by atoms with Crippen LogP contribution in [0.2, 0.25) is 0 Å². The summed E-state index contributed by atoms with van der Waals surface area (Å²) >= 11 is 0. The number of rotatable bonds is 9. The SMILES string of the molecule is CC(C)(C)OC(=O)OC(=O)OC(C)(C)C.COc1ccc(S(=O)(=O)Cl)cc1OC.COc1ccc(S(=O)(=O)N2CCN(C(=O)OC(C)(C)C)CC2C(=O)O)cc1OC.O=C(O)C1CNCCN1. The number of sulfonamides is 1. The van der Waals surface area contributed by atoms with Gasteiger partial charge in [0.25, 0.3) is 9.05 Å². The maximum atomic E-state index is 13.1. The summed E-state index contributed by atoms with van der Waals surface area (Å²) in [7, 11) is 2.95. The smallest absolute Gasteiger partial charge is 0.493 e. The number of carboxylic acid groups (broad SMARTS) is 2. The van der Waals surface area contributed by atoms with Crippen molar-refractivity contribution >= 4 is 60.1 Å². The number of hydrogen-bond donors (Lipinski definition) is 4. The molecule has 26 heteroatoms. The van der Waals surface area contributed by atoms with E-state index in [0.29, 0.717) is 23.8 Å². The molecule has 1 amide bonds. The Morgan fingerprint density at radius 2 is 1.09 bits per heavy atom. The number of piperazine rings is 2. The molecule has 67 heavy (non-hydrogen) atoms. The lowest BCUT2D eigenvalue weighted by Gasteiger charge is -2.38. The van der Waals surface area contributed by atoms with Crippen LogP contribution in [-0.2, 0) is 47.6 Å². The first-order valence-electron chi connectivity index (χ1n) is 20.1. The Morgan fingerprint density at radius 1 is 0.642 bits per heavy atom. The second-order valence-electron chi connectivity index (χ2n) is 16.9. The molecule has 2 saturated heterocycles. The van der Waals surface area contributed by atoms with E-state index in [1.54, 1.807) is 62.3 Å². The predicted octanol–water partition coefficient (Wildman–Crippen LogP) is 4.54. The third kappa shape index (κ3) is 21.4. The molecule has 2 aromatic rings. The highest BCUT2D eigenvalue weighted by Gasteiger charge is 2.42. The molecule has 0 spiro atoms. The van der Waals surface area contributed by atoms with Gasteiger partial charge < -0.3 is 63.6 Å². The van der Waals surface area contributed by atoms with Crippen LogP contribution in [0.3, 0.4) is 0 Å². The molecule has 23 nitrogen and oxygen atoms in total. The Hall–Kier alpha value is -5.34. The summed E-state index contributed by atoms with van der Waals surface area (Å²) in [6.07, 6.45) is -2.81. The Labute approximate surface area is 395 Å². The molecule has 0 aromatic heterocycles. The van der Waals surface area contributed by atoms with E-state index in [-0.39, 0.29) is 35.2 Å². The van der Waals surface area contributed by atoms with Gasteiger partial charge in [-0.2, -0.15) is 4.31 Å². The number of amides is 1. The predicted molar refractivity (Wildman–Crippen MR) is 241 cm³/mol. The topological polar surface area (TPSA) is 298 Å². The lowest BCUT2D eigenvalue weighted by atomic mass is 10.2. The first-order chi connectivity index (χ1) is 30.7. The van der Waals surface area contributed by atoms with Crippen LogP contribution in [0.15, 0.2) is 46.2 Å². The maximum absolute atomic E-state index is 13.1. The van der Waals surface area contributed by atoms with E-state index < -0.39 is 78.3 Å². The molecule has 0 saturated carbocycles. The first-order valence-corrected chi connectivity index (χ1v) is 23.9. The quantitative estimate of drug-likeness (QED) is 0.116. The van der Waals surface area contributed by atoms with Crippen molar-refractivity contribution in [3.05, 3.63) is 36.4 Å². The summed E-state index contributed by atoms with van der Waals surface area (Å²) < 4.78 is 88.2. The van der Waals surface area contributed by atoms with E-state index in [2.05, 4.69) is 15.4 Å². The van der Waals surface area contributed by atoms with Gasteiger partial charge in [-0.15, -0.1) is 0 Å². The lowest BCUT2D eigenvalue weighted by molar-refractivity contribution is -0.143. The van der Waals surface area contributed by atoms with Gasteiger partial charge >= 0.3 is 30.3 Å². The van der Waals surface area contributed by atoms with Crippen molar-refractivity contribution in [2.75, 3.05) is 67.7 Å². The molecule has 2 aliphatic rings. The molecular formula is C41H63ClN4O19S2. The molecule has 0 aliphatic carbocycles. The van der Waals surface area contributed by atoms with Crippen LogP contribution in [0.25, 0.3) is 0 Å². The van der Waals surface area contributed by atoms with Crippen molar-refractivity contribution in [2.45, 2.75) is 101 Å². The van der Waals surface area contributed by atoms with Gasteiger partial charge in [-0.05, 0) is 86.6 Å². The van der Waals surface area contributed by atoms with Crippen molar-refractivity contribution < 1.29 is 88.9 Å². The molecule has 0 radical (unpaired) electrons. The second-order valence-corrected chi connectivity index (χ2v) is 21.4. The van der Waals surface area contributed by atoms with Crippen molar-refractivity contribution in [3.63, 3.8) is 0 Å². The number of halogens is 1. The summed E-state index contributed by atoms with van der Waals surface area (Å²) in [6.45, 7) is 16.7. The number of nitrogens with one attached hydrogen (secondary N) is 2. The van der Waals surface area contributed by atoms with Gasteiger partial charge in [0.15, 0.2) is 23.0 Å². The fourth-order valence-electron chi connectivity index (χ4n) is 5.27. The number of benzene rings is 2. The molecule has 2 atom stereocenters. The summed E-state index contributed by atoms with van der Waals surface area (Å²) in [5, 5.41) is 23.9. The van der Waals surface area contributed by atoms with Crippen LogP contribution in [0.4, 0.5) is 14.4 Å². The maximum Gasteiger partial charge on any atom is 0.519 e. The Bertz CT molecular complexity index is 2190. The van der Waals surface area contributed by atoms with Crippen molar-refractivity contribution in [3.8, 4) is 23.0 Å². The number of ether oxygens (including phenoxy) is 8. The summed E-state index contributed by atoms with van der Waals surface area (Å²) in [5.74, 6) is -0.806. The van der Waals surface area contributed by atoms with Crippen molar-refractivity contribution in [2.24, 2.45) is 0 Å². The third-order valence-corrected chi connectivity index (χ3v) is 11.4. The average Bonchev–Trinajstić information content (AvgIpc) is 3.21. The Kier molecular flexibility index (Phi) is 22.9. The number of nitrogens with zero attached hydrogens (tertiary/aromatic N) is 2. The van der Waals surface area contributed by atoms with E-state index in [1.165, 1.54) is 69.7 Å². The van der Waals surface area contributed by atoms with E-state index >= 15 is 0 Å². The zero-order chi connectivity index (χ0) is 51.7. The Balaban J connectivity index is 0.000000495. The van der Waals surface area contributed by atoms with Crippen LogP contribution >= 0.6 is 10.7 Å². The minimum Gasteiger partial charge on any atom is -0.493 e. The zero-order valence-corrected chi connectivity index (χ0v) is 42.2. The molecular weight excluding hydrogens is 952 g/mol. The summed E-state index contributed by atoms with van der Waals surface area (Å²) in [6, 6.07) is 6.31. The highest BCUT2D eigenvalue weighted by molar-refractivity contribution is 8.13. The standard InChI is InChI=1S/C18H26N2O8S.C10H18O5.C8H9ClO4S.C5H10N2O2/c1-18(2,3)28-17(23)19-8-9-20(13(11-19)16(21)22)29(24,25)12-6-7-14(26-4)15(10-12)27-5;1-9(2,3)14-7(11)13-8(12)15-10(4,5)6;1-12-7-4-3-6(14(9,10)11)5-8(7)13-2;8-5(9)4-3-6-1-2-7-4/h6-7,10,13H,8-9,11H2,1-5H3,(H,21,22);1-6H3;3-5H,1-2H3;4,6-7H,1-3H2,(H,8,9). The van der Waals surface area contributed by atoms with Crippen molar-refractivity contribution in [1.29, 1.82) is 0 Å². The molecule has 2 fully saturated rings. The fourth-order valence-corrected chi connectivity index (χ4v) is 7.61. The fraction of sp³-hybridized carbons (Fsp3) is 0.585. The number of carbonyl (C=O) groups excluding carboxylic acids is 3. The number of hydrogen-bond acceptors (Lipinski definition) is 19. The van der Waals surface area contributed by atoms with E-state index in [4.69, 9.17) is 48.9 Å². The van der Waals surface area contributed by atoms with Gasteiger partial charge in [0, 0.05) is 55.5 Å². The average molecular weight is 1020 g/mol. The number of carbonyl (C=O) groups is 5. The van der Waals surface area contributed by atoms with Crippen LogP contribution in [0, 0.1) is 0 Å². The summed E-state index contributed by atoms with van der Waals surface area (Å²) in [5.41, 5.74) is -2.14. The highest BCUT2D eigenvalue weighted by atomic mass is 35.7. The molecule has 0 bridgehead atoms. The van der Waals surface area contributed by atoms with Crippen LogP contribution < -0.4 is 29.6 Å². The Morgan fingerprint density at radius 3 is 1.45 bits per heavy atom.